The first kappa shape index (κ1) is 18.1. The highest BCUT2D eigenvalue weighted by Gasteiger charge is 2.17. The molecule has 3 aromatic carbocycles. The smallest absolute Gasteiger partial charge is 0.142 e. The number of hydrogen-bond acceptors (Lipinski definition) is 1. The van der Waals surface area contributed by atoms with E-state index in [2.05, 4.69) is 93.2 Å². The molecule has 138 valence electrons. The zero-order valence-corrected chi connectivity index (χ0v) is 16.4. The van der Waals surface area contributed by atoms with Crippen LogP contribution in [-0.4, -0.2) is 0 Å². The summed E-state index contributed by atoms with van der Waals surface area (Å²) in [6, 6.07) is 27.2. The van der Waals surface area contributed by atoms with Crippen molar-refractivity contribution < 1.29 is 4.42 Å². The van der Waals surface area contributed by atoms with Crippen LogP contribution in [0.5, 0.6) is 0 Å². The van der Waals surface area contributed by atoms with Crippen LogP contribution in [0, 0.1) is 6.92 Å². The van der Waals surface area contributed by atoms with Gasteiger partial charge in [0.25, 0.3) is 0 Å². The van der Waals surface area contributed by atoms with Crippen molar-refractivity contribution in [3.05, 3.63) is 113 Å². The molecule has 0 atom stereocenters. The number of fused-ring (bicyclic) bond motifs is 1. The molecule has 4 rings (SSSR count). The Morgan fingerprint density at radius 1 is 0.893 bits per heavy atom. The molecule has 1 aromatic heterocycles. The monoisotopic (exact) mass is 364 g/mol. The topological polar surface area (TPSA) is 13.1 Å². The fraction of sp³-hybridized carbons (Fsp3) is 0.111. The lowest BCUT2D eigenvalue weighted by Gasteiger charge is -2.08. The number of aryl methyl sites for hydroxylation is 1. The van der Waals surface area contributed by atoms with Gasteiger partial charge in [-0.05, 0) is 42.2 Å². The largest absolute Gasteiger partial charge is 0.455 e. The predicted molar refractivity (Wildman–Crippen MR) is 120 cm³/mol. The van der Waals surface area contributed by atoms with Gasteiger partial charge < -0.3 is 4.42 Å². The molecule has 0 unspecified atom stereocenters. The molecular weight excluding hydrogens is 340 g/mol. The minimum atomic E-state index is 0.841. The van der Waals surface area contributed by atoms with Crippen LogP contribution in [0.3, 0.4) is 0 Å². The highest BCUT2D eigenvalue weighted by Crippen LogP contribution is 2.36. The summed E-state index contributed by atoms with van der Waals surface area (Å²) >= 11 is 0. The fourth-order valence-corrected chi connectivity index (χ4v) is 3.61. The Hall–Kier alpha value is -3.32. The molecule has 0 saturated carbocycles. The average Bonchev–Trinajstić information content (AvgIpc) is 3.10. The second-order valence-electron chi connectivity index (χ2n) is 7.08. The summed E-state index contributed by atoms with van der Waals surface area (Å²) in [5.74, 6) is 0.841. The minimum absolute atomic E-state index is 0.841. The molecule has 0 aliphatic heterocycles. The van der Waals surface area contributed by atoms with Crippen LogP contribution >= 0.6 is 0 Å². The number of allylic oxidation sites excluding steroid dienone is 1. The van der Waals surface area contributed by atoms with Gasteiger partial charge in [-0.15, -0.1) is 0 Å². The van der Waals surface area contributed by atoms with Crippen LogP contribution in [0.2, 0.25) is 0 Å². The lowest BCUT2D eigenvalue weighted by molar-refractivity contribution is 0.600. The maximum absolute atomic E-state index is 6.29. The van der Waals surface area contributed by atoms with Crippen LogP contribution in [0.1, 0.15) is 41.4 Å². The van der Waals surface area contributed by atoms with Crippen LogP contribution in [0.4, 0.5) is 0 Å². The van der Waals surface area contributed by atoms with E-state index in [1.807, 2.05) is 12.1 Å². The zero-order chi connectivity index (χ0) is 19.5. The summed E-state index contributed by atoms with van der Waals surface area (Å²) in [7, 11) is 0. The molecule has 1 heteroatoms. The highest BCUT2D eigenvalue weighted by molar-refractivity contribution is 5.99. The Morgan fingerprint density at radius 2 is 1.61 bits per heavy atom. The number of hydrogen-bond donors (Lipinski definition) is 0. The fourth-order valence-electron chi connectivity index (χ4n) is 3.61. The summed E-state index contributed by atoms with van der Waals surface area (Å²) in [5.41, 5.74) is 7.73. The van der Waals surface area contributed by atoms with E-state index in [4.69, 9.17) is 4.42 Å². The number of rotatable bonds is 5. The first-order chi connectivity index (χ1) is 13.7. The van der Waals surface area contributed by atoms with E-state index in [-0.39, 0.29) is 0 Å². The SMILES string of the molecule is C=C(c1cccc(C)c1)c1oc2ccccc2c1/C=C(\CC)c1ccccc1. The molecular formula is C27H24O. The van der Waals surface area contributed by atoms with E-state index in [0.717, 1.165) is 39.9 Å². The third kappa shape index (κ3) is 3.44. The number of benzene rings is 3. The maximum atomic E-state index is 6.29. The van der Waals surface area contributed by atoms with E-state index >= 15 is 0 Å². The predicted octanol–water partition coefficient (Wildman–Crippen LogP) is 7.75. The van der Waals surface area contributed by atoms with Crippen LogP contribution in [0.25, 0.3) is 28.2 Å². The number of furan rings is 1. The molecule has 0 fully saturated rings. The molecule has 0 amide bonds. The van der Waals surface area contributed by atoms with Crippen molar-refractivity contribution in [2.75, 3.05) is 0 Å². The Bertz CT molecular complexity index is 1160. The molecule has 0 radical (unpaired) electrons. The quantitative estimate of drug-likeness (QED) is 0.353. The van der Waals surface area contributed by atoms with Gasteiger partial charge in [0.05, 0.1) is 0 Å². The van der Waals surface area contributed by atoms with E-state index in [1.54, 1.807) is 0 Å². The van der Waals surface area contributed by atoms with Gasteiger partial charge in [-0.25, -0.2) is 0 Å². The zero-order valence-electron chi connectivity index (χ0n) is 16.4. The van der Waals surface area contributed by atoms with Crippen LogP contribution in [0.15, 0.2) is 89.9 Å². The minimum Gasteiger partial charge on any atom is -0.455 e. The second kappa shape index (κ2) is 7.74. The maximum Gasteiger partial charge on any atom is 0.142 e. The molecule has 1 heterocycles. The molecule has 4 aromatic rings. The van der Waals surface area contributed by atoms with Gasteiger partial charge in [0.1, 0.15) is 11.3 Å². The highest BCUT2D eigenvalue weighted by atomic mass is 16.3. The lowest BCUT2D eigenvalue weighted by Crippen LogP contribution is -1.89. The summed E-state index contributed by atoms with van der Waals surface area (Å²) in [6.07, 6.45) is 3.21. The van der Waals surface area contributed by atoms with Crippen molar-refractivity contribution in [2.24, 2.45) is 0 Å². The molecule has 0 aliphatic carbocycles. The molecule has 1 nitrogen and oxygen atoms in total. The van der Waals surface area contributed by atoms with Crippen molar-refractivity contribution in [2.45, 2.75) is 20.3 Å². The van der Waals surface area contributed by atoms with Gasteiger partial charge in [0.2, 0.25) is 0 Å². The Morgan fingerprint density at radius 3 is 2.36 bits per heavy atom. The second-order valence-corrected chi connectivity index (χ2v) is 7.08. The standard InChI is InChI=1S/C27H24O/c1-4-21(22-12-6-5-7-13-22)18-25-24-15-8-9-16-26(24)28-27(25)20(3)23-14-10-11-19(2)17-23/h5-18H,3-4H2,1-2H3/b21-18+. The van der Waals surface area contributed by atoms with E-state index < -0.39 is 0 Å². The average molecular weight is 364 g/mol. The van der Waals surface area contributed by atoms with Gasteiger partial charge in [-0.3, -0.25) is 0 Å². The molecule has 0 N–H and O–H groups in total. The Labute approximate surface area is 166 Å². The van der Waals surface area contributed by atoms with Crippen molar-refractivity contribution >= 4 is 28.2 Å². The Balaban J connectivity index is 1.91. The lowest BCUT2D eigenvalue weighted by atomic mass is 9.95. The van der Waals surface area contributed by atoms with Gasteiger partial charge in [-0.1, -0.05) is 91.9 Å². The number of para-hydroxylation sites is 1. The van der Waals surface area contributed by atoms with Crippen LogP contribution < -0.4 is 0 Å². The third-order valence-electron chi connectivity index (χ3n) is 5.12. The van der Waals surface area contributed by atoms with Crippen molar-refractivity contribution in [1.82, 2.24) is 0 Å². The van der Waals surface area contributed by atoms with Gasteiger partial charge >= 0.3 is 0 Å². The van der Waals surface area contributed by atoms with Crippen molar-refractivity contribution in [3.63, 3.8) is 0 Å². The van der Waals surface area contributed by atoms with Gasteiger partial charge in [0.15, 0.2) is 0 Å². The first-order valence-electron chi connectivity index (χ1n) is 9.71. The first-order valence-corrected chi connectivity index (χ1v) is 9.71. The van der Waals surface area contributed by atoms with E-state index in [0.29, 0.717) is 0 Å². The summed E-state index contributed by atoms with van der Waals surface area (Å²) in [5, 5.41) is 1.12. The van der Waals surface area contributed by atoms with E-state index in [9.17, 15) is 0 Å². The summed E-state index contributed by atoms with van der Waals surface area (Å²) in [6.45, 7) is 8.66. The molecule has 0 aliphatic rings. The van der Waals surface area contributed by atoms with Crippen molar-refractivity contribution in [1.29, 1.82) is 0 Å². The summed E-state index contributed by atoms with van der Waals surface area (Å²) in [4.78, 5) is 0. The molecule has 0 saturated heterocycles. The third-order valence-corrected chi connectivity index (χ3v) is 5.12. The Kier molecular flexibility index (Phi) is 4.99. The molecule has 0 bridgehead atoms. The summed E-state index contributed by atoms with van der Waals surface area (Å²) < 4.78 is 6.29. The van der Waals surface area contributed by atoms with Gasteiger partial charge in [0, 0.05) is 16.5 Å². The van der Waals surface area contributed by atoms with Crippen molar-refractivity contribution in [3.8, 4) is 0 Å². The van der Waals surface area contributed by atoms with Crippen LogP contribution in [-0.2, 0) is 0 Å². The molecule has 0 spiro atoms. The van der Waals surface area contributed by atoms with Gasteiger partial charge in [-0.2, -0.15) is 0 Å². The normalized spacial score (nSPS) is 11.7. The van der Waals surface area contributed by atoms with E-state index in [1.165, 1.54) is 16.7 Å². The molecule has 28 heavy (non-hydrogen) atoms.